The van der Waals surface area contributed by atoms with Gasteiger partial charge in [-0.05, 0) is 44.1 Å². The van der Waals surface area contributed by atoms with Gasteiger partial charge in [-0.1, -0.05) is 56.7 Å². The van der Waals surface area contributed by atoms with Gasteiger partial charge in [0.25, 0.3) is 11.7 Å². The summed E-state index contributed by atoms with van der Waals surface area (Å²) in [6.45, 7) is 0.0787. The third-order valence-electron chi connectivity index (χ3n) is 7.50. The first-order valence-corrected chi connectivity index (χ1v) is 12.9. The molecule has 2 aromatic rings. The molecule has 0 radical (unpaired) electrons. The molecule has 1 atom stereocenters. The quantitative estimate of drug-likeness (QED) is 0.384. The molecule has 2 amide bonds. The van der Waals surface area contributed by atoms with Crippen molar-refractivity contribution in [3.8, 4) is 0 Å². The minimum Gasteiger partial charge on any atom is -0.396 e. The van der Waals surface area contributed by atoms with E-state index in [0.717, 1.165) is 63.3 Å². The Kier molecular flexibility index (Phi) is 8.38. The van der Waals surface area contributed by atoms with Gasteiger partial charge in [0.2, 0.25) is 5.91 Å². The number of amides is 2. The predicted octanol–water partition coefficient (Wildman–Crippen LogP) is 3.96. The zero-order valence-corrected chi connectivity index (χ0v) is 19.9. The van der Waals surface area contributed by atoms with Gasteiger partial charge in [0, 0.05) is 36.3 Å². The lowest BCUT2D eigenvalue weighted by molar-refractivity contribution is -0.140. The maximum Gasteiger partial charge on any atom is 0.295 e. The Hall–Kier alpha value is -2.67. The lowest BCUT2D eigenvalue weighted by atomic mass is 9.82. The molecule has 1 aromatic heterocycles. The average molecular weight is 468 g/mol. The first-order valence-electron chi connectivity index (χ1n) is 12.9. The highest BCUT2D eigenvalue weighted by molar-refractivity contribution is 6.45. The molecule has 4 rings (SSSR count). The van der Waals surface area contributed by atoms with Gasteiger partial charge < -0.3 is 20.3 Å². The summed E-state index contributed by atoms with van der Waals surface area (Å²) in [4.78, 5) is 45.3. The summed E-state index contributed by atoms with van der Waals surface area (Å²) in [6.07, 6.45) is 12.1. The molecule has 1 unspecified atom stereocenters. The van der Waals surface area contributed by atoms with Crippen molar-refractivity contribution in [3.63, 3.8) is 0 Å². The number of fused-ring (bicyclic) bond motifs is 1. The van der Waals surface area contributed by atoms with Gasteiger partial charge in [-0.2, -0.15) is 0 Å². The second-order valence-electron chi connectivity index (χ2n) is 9.84. The first-order chi connectivity index (χ1) is 16.6. The molecule has 0 aliphatic heterocycles. The zero-order valence-electron chi connectivity index (χ0n) is 19.9. The largest absolute Gasteiger partial charge is 0.396 e. The number of para-hydroxylation sites is 1. The fourth-order valence-corrected chi connectivity index (χ4v) is 5.71. The van der Waals surface area contributed by atoms with E-state index in [9.17, 15) is 19.5 Å². The molecule has 7 nitrogen and oxygen atoms in total. The van der Waals surface area contributed by atoms with Crippen LogP contribution in [0.3, 0.4) is 0 Å². The van der Waals surface area contributed by atoms with Crippen molar-refractivity contribution in [1.82, 2.24) is 15.2 Å². The predicted molar refractivity (Wildman–Crippen MR) is 131 cm³/mol. The summed E-state index contributed by atoms with van der Waals surface area (Å²) in [5, 5.41) is 13.4. The Bertz CT molecular complexity index is 989. The molecular formula is C27H37N3O4. The van der Waals surface area contributed by atoms with Gasteiger partial charge in [0.15, 0.2) is 0 Å². The number of nitrogens with one attached hydrogen (secondary N) is 2. The van der Waals surface area contributed by atoms with Crippen LogP contribution in [0.25, 0.3) is 10.9 Å². The standard InChI is InChI=1S/C27H37N3O4/c31-17-9-16-30(27(34)25(32)22-18-28-23-15-8-7-14-21(22)23)24(19-10-3-1-4-11-19)26(33)29-20-12-5-2-6-13-20/h7-8,14-15,18-20,24,28,31H,1-6,9-13,16-17H2,(H,29,33). The van der Waals surface area contributed by atoms with Crippen LogP contribution in [0.1, 0.15) is 81.0 Å². The van der Waals surface area contributed by atoms with Gasteiger partial charge in [-0.3, -0.25) is 14.4 Å². The van der Waals surface area contributed by atoms with Crippen molar-refractivity contribution in [2.75, 3.05) is 13.2 Å². The Morgan fingerprint density at radius 3 is 2.38 bits per heavy atom. The van der Waals surface area contributed by atoms with Crippen LogP contribution in [0.2, 0.25) is 0 Å². The van der Waals surface area contributed by atoms with Crippen molar-refractivity contribution in [2.24, 2.45) is 5.92 Å². The summed E-state index contributed by atoms with van der Waals surface area (Å²) in [6, 6.07) is 6.84. The summed E-state index contributed by atoms with van der Waals surface area (Å²) in [5.41, 5.74) is 1.11. The van der Waals surface area contributed by atoms with Gasteiger partial charge in [-0.25, -0.2) is 0 Å². The highest BCUT2D eigenvalue weighted by Gasteiger charge is 2.40. The van der Waals surface area contributed by atoms with Gasteiger partial charge in [0.1, 0.15) is 6.04 Å². The first kappa shape index (κ1) is 24.5. The van der Waals surface area contributed by atoms with Gasteiger partial charge in [-0.15, -0.1) is 0 Å². The molecular weight excluding hydrogens is 430 g/mol. The van der Waals surface area contributed by atoms with E-state index in [4.69, 9.17) is 0 Å². The number of aromatic nitrogens is 1. The van der Waals surface area contributed by atoms with Crippen molar-refractivity contribution < 1.29 is 19.5 Å². The molecule has 3 N–H and O–H groups in total. The second-order valence-corrected chi connectivity index (χ2v) is 9.84. The van der Waals surface area contributed by atoms with Crippen LogP contribution < -0.4 is 5.32 Å². The number of carbonyl (C=O) groups is 3. The topological polar surface area (TPSA) is 102 Å². The number of aliphatic hydroxyl groups is 1. The monoisotopic (exact) mass is 467 g/mol. The number of ketones is 1. The Morgan fingerprint density at radius 1 is 1.00 bits per heavy atom. The second kappa shape index (κ2) is 11.6. The summed E-state index contributed by atoms with van der Waals surface area (Å²) >= 11 is 0. The number of aromatic amines is 1. The van der Waals surface area contributed by atoms with Crippen LogP contribution in [-0.2, 0) is 9.59 Å². The molecule has 2 fully saturated rings. The molecule has 1 aromatic carbocycles. The summed E-state index contributed by atoms with van der Waals surface area (Å²) in [5.74, 6) is -1.39. The van der Waals surface area contributed by atoms with Gasteiger partial charge >= 0.3 is 0 Å². The molecule has 0 spiro atoms. The smallest absolute Gasteiger partial charge is 0.295 e. The minimum atomic E-state index is -0.685. The van der Waals surface area contributed by atoms with Crippen molar-refractivity contribution in [3.05, 3.63) is 36.0 Å². The molecule has 184 valence electrons. The van der Waals surface area contributed by atoms with Crippen LogP contribution in [0, 0.1) is 5.92 Å². The van der Waals surface area contributed by atoms with Crippen LogP contribution in [0.4, 0.5) is 0 Å². The third-order valence-corrected chi connectivity index (χ3v) is 7.50. The van der Waals surface area contributed by atoms with Crippen molar-refractivity contribution in [2.45, 2.75) is 82.7 Å². The van der Waals surface area contributed by atoms with Crippen LogP contribution >= 0.6 is 0 Å². The van der Waals surface area contributed by atoms with Crippen molar-refractivity contribution in [1.29, 1.82) is 0 Å². The maximum absolute atomic E-state index is 13.7. The van der Waals surface area contributed by atoms with E-state index in [1.54, 1.807) is 6.20 Å². The maximum atomic E-state index is 13.7. The van der Waals surface area contributed by atoms with E-state index in [1.807, 2.05) is 24.3 Å². The number of benzene rings is 1. The highest BCUT2D eigenvalue weighted by Crippen LogP contribution is 2.31. The normalized spacial score (nSPS) is 18.5. The van der Waals surface area contributed by atoms with E-state index >= 15 is 0 Å². The number of hydrogen-bond acceptors (Lipinski definition) is 4. The van der Waals surface area contributed by atoms with E-state index in [-0.39, 0.29) is 31.0 Å². The molecule has 2 aliphatic carbocycles. The average Bonchev–Trinajstić information content (AvgIpc) is 3.31. The molecule has 2 aliphatic rings. The minimum absolute atomic E-state index is 0.0238. The Labute approximate surface area is 201 Å². The lowest BCUT2D eigenvalue weighted by Crippen LogP contribution is -2.57. The molecule has 1 heterocycles. The van der Waals surface area contributed by atoms with E-state index in [0.29, 0.717) is 17.4 Å². The molecule has 0 saturated heterocycles. The number of rotatable bonds is 9. The molecule has 2 saturated carbocycles. The number of Topliss-reactive ketones (excluding diaryl/α,β-unsaturated/α-hetero) is 1. The highest BCUT2D eigenvalue weighted by atomic mass is 16.3. The van der Waals surface area contributed by atoms with Crippen LogP contribution in [0.5, 0.6) is 0 Å². The molecule has 34 heavy (non-hydrogen) atoms. The van der Waals surface area contributed by atoms with Crippen LogP contribution in [-0.4, -0.2) is 57.8 Å². The van der Waals surface area contributed by atoms with E-state index < -0.39 is 17.7 Å². The third kappa shape index (κ3) is 5.52. The summed E-state index contributed by atoms with van der Waals surface area (Å²) in [7, 11) is 0. The molecule has 7 heteroatoms. The van der Waals surface area contributed by atoms with Crippen LogP contribution in [0.15, 0.2) is 30.5 Å². The number of aliphatic hydroxyl groups excluding tert-OH is 1. The molecule has 0 bridgehead atoms. The number of nitrogens with zero attached hydrogens (tertiary/aromatic N) is 1. The fourth-order valence-electron chi connectivity index (χ4n) is 5.71. The fraction of sp³-hybridized carbons (Fsp3) is 0.593. The number of hydrogen-bond donors (Lipinski definition) is 3. The van der Waals surface area contributed by atoms with Crippen molar-refractivity contribution >= 4 is 28.5 Å². The SMILES string of the molecule is O=C(C(=O)N(CCCO)C(C(=O)NC1CCCCC1)C1CCCCC1)c1c[nH]c2ccccc12. The summed E-state index contributed by atoms with van der Waals surface area (Å²) < 4.78 is 0. The van der Waals surface area contributed by atoms with E-state index in [1.165, 1.54) is 11.3 Å². The van der Waals surface area contributed by atoms with E-state index in [2.05, 4.69) is 10.3 Å². The Morgan fingerprint density at radius 2 is 1.68 bits per heavy atom. The lowest BCUT2D eigenvalue weighted by Gasteiger charge is -2.38. The number of H-pyrrole nitrogens is 1. The number of carbonyl (C=O) groups excluding carboxylic acids is 3. The zero-order chi connectivity index (χ0) is 23.9. The Balaban J connectivity index is 1.62. The van der Waals surface area contributed by atoms with Gasteiger partial charge in [0.05, 0.1) is 5.56 Å².